The smallest absolute Gasteiger partial charge is 0.239 e. The highest BCUT2D eigenvalue weighted by molar-refractivity contribution is 7.84. The summed E-state index contributed by atoms with van der Waals surface area (Å²) < 4.78 is 10.8. The van der Waals surface area contributed by atoms with Crippen LogP contribution in [-0.4, -0.2) is 35.2 Å². The van der Waals surface area contributed by atoms with Crippen LogP contribution in [0.5, 0.6) is 0 Å². The van der Waals surface area contributed by atoms with Crippen LogP contribution in [0.25, 0.3) is 0 Å². The number of hydrogen-bond donors (Lipinski definition) is 2. The second kappa shape index (κ2) is 7.84. The zero-order chi connectivity index (χ0) is 12.5. The molecular weight excluding hydrogens is 236 g/mol. The predicted molar refractivity (Wildman–Crippen MR) is 71.5 cm³/mol. The quantitative estimate of drug-likeness (QED) is 0.713. The first kappa shape index (κ1) is 13.7. The minimum atomic E-state index is -0.781. The molecule has 4 nitrogen and oxygen atoms in total. The summed E-state index contributed by atoms with van der Waals surface area (Å²) in [6.07, 6.45) is 2.42. The summed E-state index contributed by atoms with van der Waals surface area (Å²) in [4.78, 5) is 11.4. The Hall–Kier alpha value is -1.36. The maximum Gasteiger partial charge on any atom is 0.239 e. The molecular formula is C12H18N2O2S. The van der Waals surface area contributed by atoms with Gasteiger partial charge in [-0.3, -0.25) is 9.00 Å². The monoisotopic (exact) mass is 254 g/mol. The molecule has 5 heteroatoms. The van der Waals surface area contributed by atoms with Gasteiger partial charge in [0, 0.05) is 35.0 Å². The molecule has 17 heavy (non-hydrogen) atoms. The summed E-state index contributed by atoms with van der Waals surface area (Å²) in [5.41, 5.74) is 0.928. The topological polar surface area (TPSA) is 58.2 Å². The van der Waals surface area contributed by atoms with Gasteiger partial charge in [0.15, 0.2) is 0 Å². The van der Waals surface area contributed by atoms with Crippen LogP contribution in [0, 0.1) is 0 Å². The fourth-order valence-corrected chi connectivity index (χ4v) is 1.85. The van der Waals surface area contributed by atoms with E-state index in [9.17, 15) is 9.00 Å². The van der Waals surface area contributed by atoms with Crippen molar-refractivity contribution in [1.29, 1.82) is 0 Å². The molecule has 1 unspecified atom stereocenters. The number of para-hydroxylation sites is 1. The highest BCUT2D eigenvalue weighted by Gasteiger charge is 2.00. The van der Waals surface area contributed by atoms with Gasteiger partial charge in [-0.1, -0.05) is 18.2 Å². The normalized spacial score (nSPS) is 11.8. The number of anilines is 1. The molecule has 0 fully saturated rings. The summed E-state index contributed by atoms with van der Waals surface area (Å²) in [6, 6.07) is 9.57. The second-order valence-corrected chi connectivity index (χ2v) is 5.26. The third-order valence-electron chi connectivity index (χ3n) is 2.16. The van der Waals surface area contributed by atoms with Crippen molar-refractivity contribution in [2.75, 3.05) is 30.4 Å². The van der Waals surface area contributed by atoms with Crippen molar-refractivity contribution >= 4 is 22.4 Å². The maximum absolute atomic E-state index is 11.4. The number of amides is 1. The molecule has 0 heterocycles. The Morgan fingerprint density at radius 3 is 2.65 bits per heavy atom. The molecule has 1 rings (SSSR count). The van der Waals surface area contributed by atoms with E-state index in [1.807, 2.05) is 30.3 Å². The first-order chi connectivity index (χ1) is 8.18. The molecule has 2 N–H and O–H groups in total. The number of carbonyl (C=O) groups excluding carboxylic acids is 1. The maximum atomic E-state index is 11.4. The lowest BCUT2D eigenvalue weighted by Crippen LogP contribution is -2.31. The Balaban J connectivity index is 2.11. The van der Waals surface area contributed by atoms with E-state index < -0.39 is 10.8 Å². The summed E-state index contributed by atoms with van der Waals surface area (Å²) >= 11 is 0. The van der Waals surface area contributed by atoms with Crippen molar-refractivity contribution in [2.45, 2.75) is 6.42 Å². The summed E-state index contributed by atoms with van der Waals surface area (Å²) in [5, 5.41) is 5.79. The number of carbonyl (C=O) groups is 1. The fraction of sp³-hybridized carbons (Fsp3) is 0.417. The van der Waals surface area contributed by atoms with Crippen LogP contribution in [0.1, 0.15) is 6.42 Å². The van der Waals surface area contributed by atoms with Gasteiger partial charge < -0.3 is 10.6 Å². The van der Waals surface area contributed by atoms with Gasteiger partial charge in [0.2, 0.25) is 5.91 Å². The van der Waals surface area contributed by atoms with Crippen LogP contribution >= 0.6 is 0 Å². The van der Waals surface area contributed by atoms with Crippen LogP contribution < -0.4 is 10.6 Å². The predicted octanol–water partition coefficient (Wildman–Crippen LogP) is 0.983. The molecule has 0 aliphatic heterocycles. The first-order valence-corrected chi connectivity index (χ1v) is 7.27. The van der Waals surface area contributed by atoms with Gasteiger partial charge in [-0.15, -0.1) is 0 Å². The Morgan fingerprint density at radius 1 is 1.29 bits per heavy atom. The van der Waals surface area contributed by atoms with Crippen molar-refractivity contribution in [3.63, 3.8) is 0 Å². The molecule has 1 aromatic rings. The Bertz CT molecular complexity index is 368. The highest BCUT2D eigenvalue weighted by atomic mass is 32.2. The number of rotatable bonds is 7. The second-order valence-electron chi connectivity index (χ2n) is 3.70. The molecule has 0 saturated heterocycles. The summed E-state index contributed by atoms with van der Waals surface area (Å²) in [6.45, 7) is 0.841. The van der Waals surface area contributed by atoms with Crippen molar-refractivity contribution in [2.24, 2.45) is 0 Å². The van der Waals surface area contributed by atoms with Gasteiger partial charge in [0.1, 0.15) is 0 Å². The zero-order valence-corrected chi connectivity index (χ0v) is 10.8. The van der Waals surface area contributed by atoms with Crippen molar-refractivity contribution in [3.8, 4) is 0 Å². The molecule has 1 amide bonds. The minimum Gasteiger partial charge on any atom is -0.376 e. The van der Waals surface area contributed by atoms with Crippen molar-refractivity contribution in [3.05, 3.63) is 30.3 Å². The van der Waals surface area contributed by atoms with Gasteiger partial charge in [0.25, 0.3) is 0 Å². The van der Waals surface area contributed by atoms with Crippen LogP contribution in [0.2, 0.25) is 0 Å². The molecule has 0 radical (unpaired) electrons. The average Bonchev–Trinajstić information content (AvgIpc) is 2.33. The largest absolute Gasteiger partial charge is 0.376 e. The van der Waals surface area contributed by atoms with Crippen LogP contribution in [0.3, 0.4) is 0 Å². The lowest BCUT2D eigenvalue weighted by atomic mass is 10.3. The molecule has 0 bridgehead atoms. The van der Waals surface area contributed by atoms with E-state index in [2.05, 4.69) is 10.6 Å². The zero-order valence-electron chi connectivity index (χ0n) is 9.94. The molecule has 1 atom stereocenters. The third kappa shape index (κ3) is 6.73. The Kier molecular flexibility index (Phi) is 6.32. The van der Waals surface area contributed by atoms with E-state index in [1.165, 1.54) is 0 Å². The number of nitrogens with one attached hydrogen (secondary N) is 2. The average molecular weight is 254 g/mol. The summed E-state index contributed by atoms with van der Waals surface area (Å²) in [7, 11) is -0.781. The lowest BCUT2D eigenvalue weighted by Gasteiger charge is -2.07. The highest BCUT2D eigenvalue weighted by Crippen LogP contribution is 2.03. The van der Waals surface area contributed by atoms with E-state index in [0.717, 1.165) is 12.1 Å². The van der Waals surface area contributed by atoms with E-state index in [-0.39, 0.29) is 12.5 Å². The summed E-state index contributed by atoms with van der Waals surface area (Å²) in [5.74, 6) is 0.586. The van der Waals surface area contributed by atoms with E-state index in [4.69, 9.17) is 0 Å². The number of benzene rings is 1. The molecule has 0 aliphatic rings. The van der Waals surface area contributed by atoms with Crippen molar-refractivity contribution in [1.82, 2.24) is 5.32 Å². The minimum absolute atomic E-state index is 0.0456. The Labute approximate surface area is 104 Å². The molecule has 0 spiro atoms. The molecule has 0 saturated carbocycles. The van der Waals surface area contributed by atoms with E-state index in [0.29, 0.717) is 12.3 Å². The molecule has 1 aromatic carbocycles. The van der Waals surface area contributed by atoms with Crippen LogP contribution in [0.15, 0.2) is 30.3 Å². The third-order valence-corrected chi connectivity index (χ3v) is 3.02. The number of hydrogen-bond acceptors (Lipinski definition) is 3. The first-order valence-electron chi connectivity index (χ1n) is 5.54. The van der Waals surface area contributed by atoms with E-state index in [1.54, 1.807) is 6.26 Å². The van der Waals surface area contributed by atoms with E-state index >= 15 is 0 Å². The lowest BCUT2D eigenvalue weighted by molar-refractivity contribution is -0.119. The Morgan fingerprint density at radius 2 is 2.00 bits per heavy atom. The standard InChI is InChI=1S/C12H18N2O2S/c1-17(16)9-5-8-13-12(15)10-14-11-6-3-2-4-7-11/h2-4,6-7,14H,5,8-10H2,1H3,(H,13,15). The van der Waals surface area contributed by atoms with Gasteiger partial charge in [-0.25, -0.2) is 0 Å². The SMILES string of the molecule is CS(=O)CCCNC(=O)CNc1ccccc1. The molecule has 0 aromatic heterocycles. The van der Waals surface area contributed by atoms with Gasteiger partial charge in [-0.2, -0.15) is 0 Å². The van der Waals surface area contributed by atoms with Gasteiger partial charge >= 0.3 is 0 Å². The molecule has 0 aliphatic carbocycles. The molecule has 94 valence electrons. The van der Waals surface area contributed by atoms with Crippen molar-refractivity contribution < 1.29 is 9.00 Å². The van der Waals surface area contributed by atoms with Crippen LogP contribution in [0.4, 0.5) is 5.69 Å². The van der Waals surface area contributed by atoms with Crippen LogP contribution in [-0.2, 0) is 15.6 Å². The van der Waals surface area contributed by atoms with Gasteiger partial charge in [-0.05, 0) is 18.6 Å². The fourth-order valence-electron chi connectivity index (χ4n) is 1.30. The van der Waals surface area contributed by atoms with Gasteiger partial charge in [0.05, 0.1) is 6.54 Å².